The Morgan fingerprint density at radius 3 is 2.83 bits per heavy atom. The number of nitrogens with one attached hydrogen (secondary N) is 2. The highest BCUT2D eigenvalue weighted by atomic mass is 32.1. The molecule has 3 aromatic heterocycles. The molecule has 0 saturated carbocycles. The van der Waals surface area contributed by atoms with Gasteiger partial charge >= 0.3 is 4.87 Å². The average molecular weight is 493 g/mol. The maximum atomic E-state index is 12.9. The number of H-pyrrole nitrogens is 1. The number of rotatable bonds is 7. The van der Waals surface area contributed by atoms with Crippen LogP contribution in [-0.4, -0.2) is 57.2 Å². The second-order valence-corrected chi connectivity index (χ2v) is 9.53. The molecule has 1 fully saturated rings. The molecule has 1 aromatic carbocycles. The number of aromatic amines is 1. The number of pyridine rings is 1. The van der Waals surface area contributed by atoms with Crippen LogP contribution in [0.4, 0.5) is 0 Å². The SMILES string of the molecule is Cc1cc(COc2ccc(C(=O)N[C@@H]3CN(C)C[C@@H]3c3n[nH]c(=O)s3)cc2)cc(-c2cnco2)n1. The summed E-state index contributed by atoms with van der Waals surface area (Å²) in [5, 5.41) is 10.4. The highest BCUT2D eigenvalue weighted by Gasteiger charge is 2.35. The predicted octanol–water partition coefficient (Wildman–Crippen LogP) is 2.60. The minimum Gasteiger partial charge on any atom is -0.489 e. The van der Waals surface area contributed by atoms with Crippen LogP contribution in [0.15, 0.2) is 58.2 Å². The van der Waals surface area contributed by atoms with E-state index in [4.69, 9.17) is 9.15 Å². The van der Waals surface area contributed by atoms with Crippen molar-refractivity contribution in [3.63, 3.8) is 0 Å². The van der Waals surface area contributed by atoms with E-state index in [2.05, 4.69) is 30.4 Å². The fraction of sp³-hybridized carbons (Fsp3) is 0.292. The summed E-state index contributed by atoms with van der Waals surface area (Å²) in [4.78, 5) is 34.8. The van der Waals surface area contributed by atoms with Crippen LogP contribution >= 0.6 is 11.3 Å². The third-order valence-electron chi connectivity index (χ3n) is 5.81. The first-order valence-corrected chi connectivity index (χ1v) is 11.9. The molecule has 5 rings (SSSR count). The Kier molecular flexibility index (Phi) is 6.43. The molecular weight excluding hydrogens is 468 g/mol. The van der Waals surface area contributed by atoms with Crippen molar-refractivity contribution in [3.8, 4) is 17.2 Å². The van der Waals surface area contributed by atoms with Gasteiger partial charge in [-0.3, -0.25) is 9.59 Å². The third kappa shape index (κ3) is 5.31. The molecule has 11 heteroatoms. The molecule has 0 aliphatic carbocycles. The molecule has 10 nitrogen and oxygen atoms in total. The molecule has 1 aliphatic heterocycles. The summed E-state index contributed by atoms with van der Waals surface area (Å²) in [5.74, 6) is 1.05. The summed E-state index contributed by atoms with van der Waals surface area (Å²) < 4.78 is 11.3. The number of likely N-dealkylation sites (N-methyl/N-ethyl adjacent to an activating group) is 1. The quantitative estimate of drug-likeness (QED) is 0.403. The molecule has 4 heterocycles. The second kappa shape index (κ2) is 9.80. The number of carbonyl (C=O) groups excluding carboxylic acids is 1. The summed E-state index contributed by atoms with van der Waals surface area (Å²) in [6.07, 6.45) is 3.00. The topological polar surface area (TPSA) is 126 Å². The van der Waals surface area contributed by atoms with Crippen molar-refractivity contribution in [2.24, 2.45) is 0 Å². The number of aryl methyl sites for hydroxylation is 1. The normalized spacial score (nSPS) is 18.0. The standard InChI is InChI=1S/C24H24N6O4S/c1-14-7-15(8-19(26-14)21-9-25-13-34-21)12-33-17-5-3-16(4-6-17)22(31)27-20-11-30(2)10-18(20)23-28-29-24(32)35-23/h3-9,13,18,20H,10-12H2,1-2H3,(H,27,31)(H,29,32)/t18-,20+/m0/s1. The van der Waals surface area contributed by atoms with E-state index < -0.39 is 0 Å². The number of hydrogen-bond donors (Lipinski definition) is 2. The molecule has 0 bridgehead atoms. The number of nitrogens with zero attached hydrogens (tertiary/aromatic N) is 4. The molecule has 4 aromatic rings. The lowest BCUT2D eigenvalue weighted by atomic mass is 10.0. The van der Waals surface area contributed by atoms with Crippen molar-refractivity contribution >= 4 is 17.2 Å². The number of amides is 1. The van der Waals surface area contributed by atoms with Gasteiger partial charge in [0.2, 0.25) is 0 Å². The van der Waals surface area contributed by atoms with Gasteiger partial charge in [-0.1, -0.05) is 11.3 Å². The number of likely N-dealkylation sites (tertiary alicyclic amines) is 1. The van der Waals surface area contributed by atoms with Gasteiger partial charge < -0.3 is 19.4 Å². The zero-order valence-electron chi connectivity index (χ0n) is 19.2. The first-order chi connectivity index (χ1) is 16.9. The highest BCUT2D eigenvalue weighted by Crippen LogP contribution is 2.27. The monoisotopic (exact) mass is 492 g/mol. The summed E-state index contributed by atoms with van der Waals surface area (Å²) in [6.45, 7) is 3.67. The average Bonchev–Trinajstić information content (AvgIpc) is 3.59. The van der Waals surface area contributed by atoms with Gasteiger partial charge in [-0.05, 0) is 55.9 Å². The molecule has 35 heavy (non-hydrogen) atoms. The maximum absolute atomic E-state index is 12.9. The zero-order valence-corrected chi connectivity index (χ0v) is 20.0. The van der Waals surface area contributed by atoms with Crippen molar-refractivity contribution in [2.75, 3.05) is 20.1 Å². The molecular formula is C24H24N6O4S. The fourth-order valence-electron chi connectivity index (χ4n) is 4.21. The number of benzene rings is 1. The molecule has 2 N–H and O–H groups in total. The van der Waals surface area contributed by atoms with Crippen LogP contribution in [0.1, 0.15) is 32.5 Å². The summed E-state index contributed by atoms with van der Waals surface area (Å²) in [6, 6.07) is 10.8. The van der Waals surface area contributed by atoms with Crippen molar-refractivity contribution in [1.29, 1.82) is 0 Å². The summed E-state index contributed by atoms with van der Waals surface area (Å²) in [5.41, 5.74) is 3.03. The van der Waals surface area contributed by atoms with Gasteiger partial charge in [0, 0.05) is 30.3 Å². The van der Waals surface area contributed by atoms with Gasteiger partial charge in [0.15, 0.2) is 12.2 Å². The highest BCUT2D eigenvalue weighted by molar-refractivity contribution is 7.08. The lowest BCUT2D eigenvalue weighted by Gasteiger charge is -2.18. The molecule has 1 saturated heterocycles. The summed E-state index contributed by atoms with van der Waals surface area (Å²) in [7, 11) is 1.99. The molecule has 2 atom stereocenters. The van der Waals surface area contributed by atoms with Gasteiger partial charge in [-0.25, -0.2) is 15.1 Å². The van der Waals surface area contributed by atoms with E-state index in [0.29, 0.717) is 40.9 Å². The van der Waals surface area contributed by atoms with Crippen LogP contribution < -0.4 is 14.9 Å². The first-order valence-electron chi connectivity index (χ1n) is 11.1. The largest absolute Gasteiger partial charge is 0.489 e. The number of oxazole rings is 1. The second-order valence-electron chi connectivity index (χ2n) is 8.54. The number of carbonyl (C=O) groups is 1. The Bertz CT molecular complexity index is 1370. The van der Waals surface area contributed by atoms with E-state index in [1.54, 1.807) is 30.5 Å². The molecule has 0 spiro atoms. The van der Waals surface area contributed by atoms with E-state index in [0.717, 1.165) is 29.1 Å². The van der Waals surface area contributed by atoms with Crippen molar-refractivity contribution in [1.82, 2.24) is 30.4 Å². The van der Waals surface area contributed by atoms with E-state index in [-0.39, 0.29) is 22.7 Å². The molecule has 1 amide bonds. The third-order valence-corrected chi connectivity index (χ3v) is 6.69. The van der Waals surface area contributed by atoms with Crippen molar-refractivity contribution in [3.05, 3.63) is 80.5 Å². The van der Waals surface area contributed by atoms with Crippen LogP contribution in [0, 0.1) is 6.92 Å². The van der Waals surface area contributed by atoms with Crippen LogP contribution in [-0.2, 0) is 6.61 Å². The van der Waals surface area contributed by atoms with Crippen LogP contribution in [0.25, 0.3) is 11.5 Å². The Morgan fingerprint density at radius 1 is 1.29 bits per heavy atom. The maximum Gasteiger partial charge on any atom is 0.322 e. The predicted molar refractivity (Wildman–Crippen MR) is 129 cm³/mol. The van der Waals surface area contributed by atoms with Crippen LogP contribution in [0.3, 0.4) is 0 Å². The molecule has 1 aliphatic rings. The van der Waals surface area contributed by atoms with Gasteiger partial charge in [0.05, 0.1) is 12.2 Å². The number of ether oxygens (including phenoxy) is 1. The van der Waals surface area contributed by atoms with E-state index in [9.17, 15) is 9.59 Å². The summed E-state index contributed by atoms with van der Waals surface area (Å²) >= 11 is 1.09. The zero-order chi connectivity index (χ0) is 24.4. The van der Waals surface area contributed by atoms with E-state index >= 15 is 0 Å². The minimum atomic E-state index is -0.189. The fourth-order valence-corrected chi connectivity index (χ4v) is 4.97. The van der Waals surface area contributed by atoms with Gasteiger partial charge in [0.1, 0.15) is 23.1 Å². The van der Waals surface area contributed by atoms with E-state index in [1.807, 2.05) is 26.1 Å². The van der Waals surface area contributed by atoms with E-state index in [1.165, 1.54) is 6.39 Å². The Hall–Kier alpha value is -3.83. The first kappa shape index (κ1) is 22.9. The van der Waals surface area contributed by atoms with Gasteiger partial charge in [0.25, 0.3) is 5.91 Å². The van der Waals surface area contributed by atoms with Crippen molar-refractivity contribution in [2.45, 2.75) is 25.5 Å². The van der Waals surface area contributed by atoms with Crippen LogP contribution in [0.2, 0.25) is 0 Å². The van der Waals surface area contributed by atoms with Gasteiger partial charge in [-0.2, -0.15) is 5.10 Å². The lowest BCUT2D eigenvalue weighted by molar-refractivity contribution is 0.0935. The smallest absolute Gasteiger partial charge is 0.322 e. The van der Waals surface area contributed by atoms with Crippen LogP contribution in [0.5, 0.6) is 5.75 Å². The minimum absolute atomic E-state index is 0.0267. The molecule has 180 valence electrons. The molecule has 0 unspecified atom stereocenters. The Morgan fingerprint density at radius 2 is 2.11 bits per heavy atom. The lowest BCUT2D eigenvalue weighted by Crippen LogP contribution is -2.39. The Balaban J connectivity index is 1.21. The van der Waals surface area contributed by atoms with Crippen molar-refractivity contribution < 1.29 is 13.9 Å². The molecule has 0 radical (unpaired) electrons. The Labute approximate surface area is 205 Å². The number of hydrogen-bond acceptors (Lipinski definition) is 9. The van der Waals surface area contributed by atoms with Gasteiger partial charge in [-0.15, -0.1) is 0 Å². The number of aromatic nitrogens is 4.